The molecule has 14 heavy (non-hydrogen) atoms. The first-order valence-electron chi connectivity index (χ1n) is 5.61. The maximum Gasteiger partial charge on any atom is 0.322 e. The first-order valence-corrected chi connectivity index (χ1v) is 5.61. The first-order chi connectivity index (χ1) is 6.77. The highest BCUT2D eigenvalue weighted by Gasteiger charge is 2.24. The quantitative estimate of drug-likeness (QED) is 0.705. The fourth-order valence-electron chi connectivity index (χ4n) is 2.09. The topological polar surface area (TPSA) is 38.3 Å². The highest BCUT2D eigenvalue weighted by atomic mass is 16.5. The number of carbonyl (C=O) groups excluding carboxylic acids is 1. The Hall–Kier alpha value is -0.570. The van der Waals surface area contributed by atoms with Crippen molar-refractivity contribution in [2.75, 3.05) is 7.11 Å². The van der Waals surface area contributed by atoms with E-state index in [4.69, 9.17) is 4.74 Å². The van der Waals surface area contributed by atoms with E-state index in [1.54, 1.807) is 0 Å². The molecule has 1 N–H and O–H groups in total. The molecule has 82 valence electrons. The number of hydrogen-bond donors (Lipinski definition) is 1. The summed E-state index contributed by atoms with van der Waals surface area (Å²) < 4.78 is 4.77. The minimum Gasteiger partial charge on any atom is -0.468 e. The molecule has 1 saturated heterocycles. The molecule has 0 aromatic carbocycles. The van der Waals surface area contributed by atoms with E-state index < -0.39 is 0 Å². The van der Waals surface area contributed by atoms with Gasteiger partial charge < -0.3 is 10.1 Å². The van der Waals surface area contributed by atoms with E-state index in [0.717, 1.165) is 19.3 Å². The van der Waals surface area contributed by atoms with Gasteiger partial charge in [-0.15, -0.1) is 0 Å². The van der Waals surface area contributed by atoms with E-state index in [1.165, 1.54) is 26.4 Å². The van der Waals surface area contributed by atoms with Gasteiger partial charge in [0, 0.05) is 6.04 Å². The number of ether oxygens (including phenoxy) is 1. The fraction of sp³-hybridized carbons (Fsp3) is 0.909. The predicted octanol–water partition coefficient (Wildman–Crippen LogP) is 1.86. The lowest BCUT2D eigenvalue weighted by Crippen LogP contribution is -2.42. The van der Waals surface area contributed by atoms with Crippen molar-refractivity contribution in [3.05, 3.63) is 0 Å². The van der Waals surface area contributed by atoms with Crippen molar-refractivity contribution < 1.29 is 9.53 Å². The summed E-state index contributed by atoms with van der Waals surface area (Å²) in [5.74, 6) is -0.104. The van der Waals surface area contributed by atoms with Gasteiger partial charge in [0.2, 0.25) is 0 Å². The van der Waals surface area contributed by atoms with Crippen molar-refractivity contribution in [3.63, 3.8) is 0 Å². The molecule has 1 heterocycles. The van der Waals surface area contributed by atoms with Gasteiger partial charge in [-0.3, -0.25) is 4.79 Å². The number of rotatable bonds is 3. The number of methoxy groups -OCH3 is 1. The average molecular weight is 199 g/mol. The Kier molecular flexibility index (Phi) is 4.94. The van der Waals surface area contributed by atoms with Crippen molar-refractivity contribution in [2.45, 2.75) is 57.5 Å². The zero-order valence-corrected chi connectivity index (χ0v) is 9.21. The smallest absolute Gasteiger partial charge is 0.322 e. The lowest BCUT2D eigenvalue weighted by atomic mass is 10.1. The van der Waals surface area contributed by atoms with Crippen LogP contribution in [-0.2, 0) is 9.53 Å². The van der Waals surface area contributed by atoms with Gasteiger partial charge in [-0.25, -0.2) is 0 Å². The molecule has 2 atom stereocenters. The van der Waals surface area contributed by atoms with Gasteiger partial charge in [-0.2, -0.15) is 0 Å². The first kappa shape index (κ1) is 11.5. The van der Waals surface area contributed by atoms with Crippen LogP contribution in [0.5, 0.6) is 0 Å². The predicted molar refractivity (Wildman–Crippen MR) is 56.1 cm³/mol. The zero-order valence-electron chi connectivity index (χ0n) is 9.21. The van der Waals surface area contributed by atoms with Crippen LogP contribution in [0.2, 0.25) is 0 Å². The zero-order chi connectivity index (χ0) is 10.4. The van der Waals surface area contributed by atoms with Gasteiger partial charge in [0.05, 0.1) is 7.11 Å². The largest absolute Gasteiger partial charge is 0.468 e. The van der Waals surface area contributed by atoms with Gasteiger partial charge >= 0.3 is 5.97 Å². The Balaban J connectivity index is 2.46. The Labute approximate surface area is 86.2 Å². The lowest BCUT2D eigenvalue weighted by Gasteiger charge is -2.20. The SMILES string of the molecule is CCCC1CCCCC(C(=O)OC)N1. The number of esters is 1. The van der Waals surface area contributed by atoms with Gasteiger partial charge in [0.1, 0.15) is 6.04 Å². The van der Waals surface area contributed by atoms with Crippen molar-refractivity contribution in [3.8, 4) is 0 Å². The molecule has 0 aromatic rings. The Morgan fingerprint density at radius 2 is 2.14 bits per heavy atom. The summed E-state index contributed by atoms with van der Waals surface area (Å²) >= 11 is 0. The van der Waals surface area contributed by atoms with Crippen LogP contribution in [0.25, 0.3) is 0 Å². The molecule has 1 aliphatic rings. The average Bonchev–Trinajstić information content (AvgIpc) is 2.43. The van der Waals surface area contributed by atoms with Crippen LogP contribution in [0.15, 0.2) is 0 Å². The molecular weight excluding hydrogens is 178 g/mol. The van der Waals surface area contributed by atoms with Crippen molar-refractivity contribution >= 4 is 5.97 Å². The second-order valence-corrected chi connectivity index (χ2v) is 4.01. The monoisotopic (exact) mass is 199 g/mol. The molecule has 0 aromatic heterocycles. The Bertz CT molecular complexity index is 182. The second kappa shape index (κ2) is 6.02. The van der Waals surface area contributed by atoms with Crippen molar-refractivity contribution in [2.24, 2.45) is 0 Å². The third kappa shape index (κ3) is 3.29. The van der Waals surface area contributed by atoms with Crippen LogP contribution in [-0.4, -0.2) is 25.2 Å². The van der Waals surface area contributed by atoms with Gasteiger partial charge in [0.25, 0.3) is 0 Å². The molecule has 0 aliphatic carbocycles. The van der Waals surface area contributed by atoms with Gasteiger partial charge in [-0.1, -0.05) is 26.2 Å². The Morgan fingerprint density at radius 1 is 1.43 bits per heavy atom. The Morgan fingerprint density at radius 3 is 2.79 bits per heavy atom. The van der Waals surface area contributed by atoms with Crippen LogP contribution in [0, 0.1) is 0 Å². The lowest BCUT2D eigenvalue weighted by molar-refractivity contribution is -0.143. The minimum absolute atomic E-state index is 0.0703. The maximum absolute atomic E-state index is 11.4. The number of hydrogen-bond acceptors (Lipinski definition) is 3. The standard InChI is InChI=1S/C11H21NO2/c1-3-6-9-7-4-5-8-10(12-9)11(13)14-2/h9-10,12H,3-8H2,1-2H3. The molecule has 3 nitrogen and oxygen atoms in total. The van der Waals surface area contributed by atoms with E-state index in [2.05, 4.69) is 12.2 Å². The molecule has 1 rings (SSSR count). The van der Waals surface area contributed by atoms with E-state index in [9.17, 15) is 4.79 Å². The second-order valence-electron chi connectivity index (χ2n) is 4.01. The third-order valence-electron chi connectivity index (χ3n) is 2.86. The summed E-state index contributed by atoms with van der Waals surface area (Å²) in [6, 6.07) is 0.436. The summed E-state index contributed by atoms with van der Waals surface area (Å²) in [5, 5.41) is 3.39. The van der Waals surface area contributed by atoms with Crippen molar-refractivity contribution in [1.82, 2.24) is 5.32 Å². The molecule has 0 spiro atoms. The molecular formula is C11H21NO2. The summed E-state index contributed by atoms with van der Waals surface area (Å²) in [5.41, 5.74) is 0. The highest BCUT2D eigenvalue weighted by molar-refractivity contribution is 5.75. The van der Waals surface area contributed by atoms with E-state index in [-0.39, 0.29) is 12.0 Å². The van der Waals surface area contributed by atoms with E-state index in [0.29, 0.717) is 6.04 Å². The summed E-state index contributed by atoms with van der Waals surface area (Å²) in [6.07, 6.45) is 6.81. The summed E-state index contributed by atoms with van der Waals surface area (Å²) in [6.45, 7) is 2.18. The molecule has 2 unspecified atom stereocenters. The molecule has 0 radical (unpaired) electrons. The minimum atomic E-state index is -0.104. The molecule has 0 saturated carbocycles. The van der Waals surface area contributed by atoms with Crippen LogP contribution in [0.3, 0.4) is 0 Å². The van der Waals surface area contributed by atoms with Crippen LogP contribution < -0.4 is 5.32 Å². The normalized spacial score (nSPS) is 28.1. The van der Waals surface area contributed by atoms with Crippen molar-refractivity contribution in [1.29, 1.82) is 0 Å². The van der Waals surface area contributed by atoms with Gasteiger partial charge in [-0.05, 0) is 19.3 Å². The van der Waals surface area contributed by atoms with E-state index >= 15 is 0 Å². The molecule has 1 aliphatic heterocycles. The molecule has 1 fully saturated rings. The fourth-order valence-corrected chi connectivity index (χ4v) is 2.09. The molecule has 0 bridgehead atoms. The summed E-state index contributed by atoms with van der Waals surface area (Å²) in [4.78, 5) is 11.4. The van der Waals surface area contributed by atoms with E-state index in [1.807, 2.05) is 0 Å². The number of nitrogens with one attached hydrogen (secondary N) is 1. The van der Waals surface area contributed by atoms with Gasteiger partial charge in [0.15, 0.2) is 0 Å². The number of carbonyl (C=O) groups is 1. The summed E-state index contributed by atoms with van der Waals surface area (Å²) in [7, 11) is 1.46. The van der Waals surface area contributed by atoms with Crippen LogP contribution in [0.1, 0.15) is 45.4 Å². The van der Waals surface area contributed by atoms with Crippen LogP contribution in [0.4, 0.5) is 0 Å². The molecule has 3 heteroatoms. The maximum atomic E-state index is 11.4. The third-order valence-corrected chi connectivity index (χ3v) is 2.86. The highest BCUT2D eigenvalue weighted by Crippen LogP contribution is 2.16. The van der Waals surface area contributed by atoms with Crippen LogP contribution >= 0.6 is 0 Å². The molecule has 0 amide bonds.